The van der Waals surface area contributed by atoms with E-state index in [1.165, 1.54) is 24.3 Å². The summed E-state index contributed by atoms with van der Waals surface area (Å²) < 4.78 is 1.67. The monoisotopic (exact) mass is 998 g/mol. The molecule has 0 aliphatic rings. The molecular formula is C41H71N15O12S. The van der Waals surface area contributed by atoms with Crippen LogP contribution in [-0.4, -0.2) is 159 Å². The fourth-order valence-corrected chi connectivity index (χ4v) is 6.94. The molecule has 1 heterocycles. The summed E-state index contributed by atoms with van der Waals surface area (Å²) in [6, 6.07) is -9.75. The van der Waals surface area contributed by atoms with Gasteiger partial charge in [0.15, 0.2) is 5.96 Å². The van der Waals surface area contributed by atoms with Gasteiger partial charge in [-0.3, -0.25) is 48.1 Å². The summed E-state index contributed by atoms with van der Waals surface area (Å²) in [6.45, 7) is 3.19. The van der Waals surface area contributed by atoms with E-state index in [0.717, 1.165) is 0 Å². The Morgan fingerprint density at radius 1 is 0.725 bits per heavy atom. The molecule has 0 fully saturated rings. The van der Waals surface area contributed by atoms with Gasteiger partial charge in [0.25, 0.3) is 0 Å². The normalized spacial score (nSPS) is 14.0. The second-order valence-corrected chi connectivity index (χ2v) is 17.5. The number of aliphatic carboxylic acids is 2. The van der Waals surface area contributed by atoms with Gasteiger partial charge in [-0.15, -0.1) is 0 Å². The van der Waals surface area contributed by atoms with E-state index in [2.05, 4.69) is 47.2 Å². The maximum absolute atomic E-state index is 13.9. The van der Waals surface area contributed by atoms with E-state index in [1.807, 2.05) is 0 Å². The quantitative estimate of drug-likeness (QED) is 0.0172. The molecule has 1 rings (SSSR count). The van der Waals surface area contributed by atoms with Crippen LogP contribution in [0.3, 0.4) is 0 Å². The van der Waals surface area contributed by atoms with E-state index < -0.39 is 121 Å². The molecule has 0 aliphatic carbocycles. The summed E-state index contributed by atoms with van der Waals surface area (Å²) in [5.74, 6) is -10.1. The number of aryl methyl sites for hydroxylation is 1. The Morgan fingerprint density at radius 2 is 1.28 bits per heavy atom. The van der Waals surface area contributed by atoms with Crippen molar-refractivity contribution in [1.29, 1.82) is 0 Å². The number of nitrogens with zero attached hydrogens (tertiary/aromatic N) is 3. The number of aromatic nitrogens is 2. The number of rotatable bonds is 35. The van der Waals surface area contributed by atoms with Crippen molar-refractivity contribution in [3.05, 3.63) is 18.2 Å². The molecule has 1 aromatic heterocycles. The number of carbonyl (C=O) groups is 10. The summed E-state index contributed by atoms with van der Waals surface area (Å²) in [4.78, 5) is 138. The molecule has 0 aromatic carbocycles. The van der Waals surface area contributed by atoms with Gasteiger partial charge in [-0.2, -0.15) is 11.8 Å². The van der Waals surface area contributed by atoms with E-state index in [9.17, 15) is 58.2 Å². The lowest BCUT2D eigenvalue weighted by molar-refractivity contribution is -0.142. The van der Waals surface area contributed by atoms with Gasteiger partial charge in [-0.05, 0) is 75.8 Å². The van der Waals surface area contributed by atoms with Gasteiger partial charge in [0, 0.05) is 38.3 Å². The predicted molar refractivity (Wildman–Crippen MR) is 253 cm³/mol. The average Bonchev–Trinajstić information content (AvgIpc) is 3.67. The van der Waals surface area contributed by atoms with Crippen molar-refractivity contribution in [2.45, 2.75) is 127 Å². The Labute approximate surface area is 404 Å². The third-order valence-corrected chi connectivity index (χ3v) is 10.8. The maximum Gasteiger partial charge on any atom is 0.326 e. The van der Waals surface area contributed by atoms with Crippen LogP contribution >= 0.6 is 11.8 Å². The first-order valence-corrected chi connectivity index (χ1v) is 23.7. The SMILES string of the molecule is CSCC[C@H](NC(=O)[C@H](CC(=O)O)NC(=O)[C@H](CCCCN)NC(=O)[C@@H](N)Cc1cncn1C)C(=O)N[C@@H](CCC(N)=O)C(=O)N[C@@H](CC(C)C)C(=O)NCC(=O)N[C@@H](CCCN=C(N)N)C(=O)O. The summed E-state index contributed by atoms with van der Waals surface area (Å²) in [7, 11) is 1.71. The Kier molecular flexibility index (Phi) is 28.3. The largest absolute Gasteiger partial charge is 0.481 e. The number of hydrogen-bond acceptors (Lipinski definition) is 15. The number of primary amides is 1. The average molecular weight is 998 g/mol. The van der Waals surface area contributed by atoms with E-state index in [1.54, 1.807) is 31.7 Å². The second kappa shape index (κ2) is 32.2. The third-order valence-electron chi connectivity index (χ3n) is 10.2. The molecule has 388 valence electrons. The molecule has 27 nitrogen and oxygen atoms in total. The number of thioether (sulfide) groups is 1. The second-order valence-electron chi connectivity index (χ2n) is 16.5. The van der Waals surface area contributed by atoms with Crippen molar-refractivity contribution in [2.24, 2.45) is 46.6 Å². The Morgan fingerprint density at radius 3 is 1.80 bits per heavy atom. The summed E-state index contributed by atoms with van der Waals surface area (Å²) in [5, 5.41) is 36.3. The fourth-order valence-electron chi connectivity index (χ4n) is 6.47. The van der Waals surface area contributed by atoms with Crippen molar-refractivity contribution in [2.75, 3.05) is 31.6 Å². The van der Waals surface area contributed by atoms with Crippen LogP contribution in [0.25, 0.3) is 0 Å². The number of nitrogens with one attached hydrogen (secondary N) is 7. The third kappa shape index (κ3) is 24.9. The topological polar surface area (TPSA) is 456 Å². The van der Waals surface area contributed by atoms with Crippen LogP contribution in [0.2, 0.25) is 0 Å². The standard InChI is InChI=1S/C41H71N15O12S/c1-22(2)16-29(35(62)49-20-32(58)50-28(40(67)68)9-7-14-48-41(45)46)54-37(64)26(10-11-31(44)57)52-38(65)27(12-15-69-4)53-39(66)30(18-33(59)60)55-36(63)25(8-5-6-13-42)51-34(61)24(43)17-23-19-47-21-56(23)3/h19,21-22,24-30H,5-18,20,42-43H2,1-4H3,(H2,44,57)(H,49,62)(H,50,58)(H,51,61)(H,52,65)(H,53,66)(H,54,64)(H,55,63)(H,59,60)(H,67,68)(H4,45,46,48)/t24-,25-,26-,27-,28-,29-,30-/m0/s1. The van der Waals surface area contributed by atoms with Crippen molar-refractivity contribution in [3.8, 4) is 0 Å². The number of unbranched alkanes of at least 4 members (excludes halogenated alkanes) is 1. The first-order valence-electron chi connectivity index (χ1n) is 22.3. The van der Waals surface area contributed by atoms with E-state index in [0.29, 0.717) is 18.5 Å². The number of imidazole rings is 1. The zero-order valence-corrected chi connectivity index (χ0v) is 40.3. The molecule has 28 heteroatoms. The fraction of sp³-hybridized carbons (Fsp3) is 0.659. The molecule has 19 N–H and O–H groups in total. The molecule has 0 saturated heterocycles. The number of carboxylic acid groups (broad SMARTS) is 2. The highest BCUT2D eigenvalue weighted by atomic mass is 32.2. The summed E-state index contributed by atoms with van der Waals surface area (Å²) >= 11 is 1.29. The minimum absolute atomic E-state index is 0.0248. The van der Waals surface area contributed by atoms with Gasteiger partial charge < -0.3 is 80.7 Å². The molecule has 8 amide bonds. The molecular weight excluding hydrogens is 927 g/mol. The zero-order valence-electron chi connectivity index (χ0n) is 39.5. The van der Waals surface area contributed by atoms with Crippen LogP contribution in [0, 0.1) is 5.92 Å². The van der Waals surface area contributed by atoms with E-state index in [4.69, 9.17) is 28.7 Å². The molecule has 0 saturated carbocycles. The summed E-state index contributed by atoms with van der Waals surface area (Å²) in [5.41, 5.74) is 28.3. The molecule has 0 bridgehead atoms. The Hall–Kier alpha value is -6.55. The summed E-state index contributed by atoms with van der Waals surface area (Å²) in [6.07, 6.45) is 4.14. The van der Waals surface area contributed by atoms with E-state index >= 15 is 0 Å². The van der Waals surface area contributed by atoms with Crippen LogP contribution in [0.1, 0.15) is 83.7 Å². The van der Waals surface area contributed by atoms with Gasteiger partial charge in [-0.1, -0.05) is 13.8 Å². The van der Waals surface area contributed by atoms with Gasteiger partial charge in [0.2, 0.25) is 47.3 Å². The highest BCUT2D eigenvalue weighted by Gasteiger charge is 2.34. The number of amides is 8. The Balaban J connectivity index is 3.27. The van der Waals surface area contributed by atoms with Gasteiger partial charge >= 0.3 is 11.9 Å². The van der Waals surface area contributed by atoms with Crippen molar-refractivity contribution < 1.29 is 58.2 Å². The molecule has 1 aromatic rings. The molecule has 0 radical (unpaired) electrons. The number of carbonyl (C=O) groups excluding carboxylic acids is 8. The highest BCUT2D eigenvalue weighted by molar-refractivity contribution is 7.98. The number of carboxylic acids is 2. The molecule has 7 atom stereocenters. The smallest absolute Gasteiger partial charge is 0.326 e. The lowest BCUT2D eigenvalue weighted by atomic mass is 10.0. The van der Waals surface area contributed by atoms with Crippen molar-refractivity contribution in [3.63, 3.8) is 0 Å². The van der Waals surface area contributed by atoms with Gasteiger partial charge in [0.05, 0.1) is 25.3 Å². The van der Waals surface area contributed by atoms with Crippen LogP contribution < -0.4 is 65.9 Å². The molecule has 69 heavy (non-hydrogen) atoms. The maximum atomic E-state index is 13.9. The van der Waals surface area contributed by atoms with Crippen molar-refractivity contribution in [1.82, 2.24) is 46.8 Å². The number of guanidine groups is 1. The zero-order chi connectivity index (χ0) is 52.2. The minimum Gasteiger partial charge on any atom is -0.481 e. The Bertz CT molecular complexity index is 1930. The predicted octanol–water partition coefficient (Wildman–Crippen LogP) is -4.88. The number of aliphatic imine (C=N–C) groups is 1. The first kappa shape index (κ1) is 60.5. The van der Waals surface area contributed by atoms with Crippen LogP contribution in [0.4, 0.5) is 0 Å². The highest BCUT2D eigenvalue weighted by Crippen LogP contribution is 2.11. The lowest BCUT2D eigenvalue weighted by Crippen LogP contribution is -2.60. The van der Waals surface area contributed by atoms with Gasteiger partial charge in [0.1, 0.15) is 36.3 Å². The van der Waals surface area contributed by atoms with Crippen LogP contribution in [0.5, 0.6) is 0 Å². The molecule has 0 aliphatic heterocycles. The van der Waals surface area contributed by atoms with Crippen molar-refractivity contribution >= 4 is 76.9 Å². The first-order chi connectivity index (χ1) is 32.5. The van der Waals surface area contributed by atoms with Crippen LogP contribution in [-0.2, 0) is 61.4 Å². The number of nitrogens with two attached hydrogens (primary N) is 5. The lowest BCUT2D eigenvalue weighted by Gasteiger charge is -2.27. The van der Waals surface area contributed by atoms with Gasteiger partial charge in [-0.25, -0.2) is 9.78 Å². The minimum atomic E-state index is -1.77. The van der Waals surface area contributed by atoms with E-state index in [-0.39, 0.29) is 75.7 Å². The van der Waals surface area contributed by atoms with Crippen LogP contribution in [0.15, 0.2) is 17.5 Å². The molecule has 0 unspecified atom stereocenters. The molecule has 0 spiro atoms. The number of hydrogen-bond donors (Lipinski definition) is 14.